The summed E-state index contributed by atoms with van der Waals surface area (Å²) in [5.41, 5.74) is 1.13. The molecule has 0 aliphatic carbocycles. The first-order chi connectivity index (χ1) is 8.16. The van der Waals surface area contributed by atoms with Crippen LogP contribution < -0.4 is 0 Å². The number of phenolic OH excluding ortho intramolecular Hbond substituents is 2. The summed E-state index contributed by atoms with van der Waals surface area (Å²) in [7, 11) is 0. The van der Waals surface area contributed by atoms with Crippen molar-refractivity contribution in [2.75, 3.05) is 13.2 Å². The first-order valence-corrected chi connectivity index (χ1v) is 5.38. The maximum atomic E-state index is 11.6. The van der Waals surface area contributed by atoms with Gasteiger partial charge < -0.3 is 14.9 Å². The molecule has 90 valence electrons. The van der Waals surface area contributed by atoms with Crippen LogP contribution in [0, 0.1) is 0 Å². The zero-order valence-corrected chi connectivity index (χ0v) is 9.22. The van der Waals surface area contributed by atoms with Crippen LogP contribution in [-0.2, 0) is 4.74 Å². The highest BCUT2D eigenvalue weighted by Crippen LogP contribution is 2.22. The zero-order chi connectivity index (χ0) is 12.3. The monoisotopic (exact) mass is 235 g/mol. The highest BCUT2D eigenvalue weighted by atomic mass is 16.5. The molecule has 0 spiro atoms. The Morgan fingerprint density at radius 2 is 2.18 bits per heavy atom. The van der Waals surface area contributed by atoms with Crippen LogP contribution >= 0.6 is 0 Å². The Kier molecular flexibility index (Phi) is 3.27. The van der Waals surface area contributed by atoms with E-state index in [9.17, 15) is 15.0 Å². The largest absolute Gasteiger partial charge is 0.508 e. The summed E-state index contributed by atoms with van der Waals surface area (Å²) < 4.78 is 4.98. The average molecular weight is 235 g/mol. The van der Waals surface area contributed by atoms with Crippen molar-refractivity contribution in [3.63, 3.8) is 0 Å². The van der Waals surface area contributed by atoms with Gasteiger partial charge in [-0.2, -0.15) is 0 Å². The molecule has 1 aliphatic rings. The number of benzene rings is 1. The molecule has 2 N–H and O–H groups in total. The molecule has 1 aromatic carbocycles. The normalized spacial score (nSPS) is 13.1. The van der Waals surface area contributed by atoms with Crippen molar-refractivity contribution in [2.45, 2.75) is 12.8 Å². The fourth-order valence-corrected chi connectivity index (χ4v) is 1.42. The molecule has 1 aromatic rings. The third-order valence-corrected chi connectivity index (χ3v) is 2.42. The molecule has 0 unspecified atom stereocenters. The molecule has 17 heavy (non-hydrogen) atoms. The van der Waals surface area contributed by atoms with Crippen LogP contribution in [0.25, 0.3) is 0 Å². The summed E-state index contributed by atoms with van der Waals surface area (Å²) in [6.45, 7) is 1.12. The number of esters is 1. The van der Waals surface area contributed by atoms with Gasteiger partial charge in [0, 0.05) is 5.71 Å². The third kappa shape index (κ3) is 3.21. The summed E-state index contributed by atoms with van der Waals surface area (Å²) in [6.07, 6.45) is 1.57. The molecule has 0 atom stereocenters. The van der Waals surface area contributed by atoms with Crippen molar-refractivity contribution in [2.24, 2.45) is 4.99 Å². The topological polar surface area (TPSA) is 79.1 Å². The van der Waals surface area contributed by atoms with Gasteiger partial charge in [-0.1, -0.05) is 0 Å². The smallest absolute Gasteiger partial charge is 0.342 e. The summed E-state index contributed by atoms with van der Waals surface area (Å²) in [4.78, 5) is 15.6. The van der Waals surface area contributed by atoms with Gasteiger partial charge in [-0.3, -0.25) is 4.99 Å². The van der Waals surface area contributed by atoms with Crippen molar-refractivity contribution in [1.82, 2.24) is 0 Å². The predicted octanol–water partition coefficient (Wildman–Crippen LogP) is 1.49. The van der Waals surface area contributed by atoms with E-state index in [0.29, 0.717) is 0 Å². The third-order valence-electron chi connectivity index (χ3n) is 2.42. The Morgan fingerprint density at radius 1 is 1.41 bits per heavy atom. The lowest BCUT2D eigenvalue weighted by atomic mass is 10.2. The molecule has 0 fully saturated rings. The number of aliphatic imine (C=N–C) groups is 1. The molecule has 1 heterocycles. The predicted molar refractivity (Wildman–Crippen MR) is 61.6 cm³/mol. The number of nitrogens with zero attached hydrogens (tertiary/aromatic N) is 1. The van der Waals surface area contributed by atoms with E-state index in [1.807, 2.05) is 0 Å². The van der Waals surface area contributed by atoms with Gasteiger partial charge in [0.25, 0.3) is 0 Å². The molecule has 5 nitrogen and oxygen atoms in total. The van der Waals surface area contributed by atoms with Crippen LogP contribution in [0.1, 0.15) is 23.2 Å². The fourth-order valence-electron chi connectivity index (χ4n) is 1.42. The number of carbonyl (C=O) groups excluding carboxylic acids is 1. The Hall–Kier alpha value is -2.04. The summed E-state index contributed by atoms with van der Waals surface area (Å²) in [5.74, 6) is -0.905. The minimum Gasteiger partial charge on any atom is -0.508 e. The van der Waals surface area contributed by atoms with Gasteiger partial charge in [0.05, 0.1) is 13.2 Å². The summed E-state index contributed by atoms with van der Waals surface area (Å²) in [6, 6.07) is 3.74. The van der Waals surface area contributed by atoms with Gasteiger partial charge in [0.2, 0.25) is 0 Å². The van der Waals surface area contributed by atoms with Crippen molar-refractivity contribution >= 4 is 11.7 Å². The number of aromatic hydroxyl groups is 2. The van der Waals surface area contributed by atoms with Crippen LogP contribution in [0.3, 0.4) is 0 Å². The first-order valence-electron chi connectivity index (χ1n) is 5.38. The average Bonchev–Trinajstić information content (AvgIpc) is 3.11. The number of rotatable bonds is 5. The van der Waals surface area contributed by atoms with Crippen molar-refractivity contribution in [1.29, 1.82) is 0 Å². The summed E-state index contributed by atoms with van der Waals surface area (Å²) in [5, 5.41) is 18.6. The number of ether oxygens (including phenoxy) is 1. The Bertz CT molecular complexity index is 468. The van der Waals surface area contributed by atoms with E-state index in [-0.39, 0.29) is 23.7 Å². The van der Waals surface area contributed by atoms with E-state index < -0.39 is 5.97 Å². The van der Waals surface area contributed by atoms with Crippen LogP contribution in [0.15, 0.2) is 23.2 Å². The Balaban J connectivity index is 1.85. The van der Waals surface area contributed by atoms with Gasteiger partial charge in [-0.25, -0.2) is 4.79 Å². The van der Waals surface area contributed by atoms with Gasteiger partial charge in [0.1, 0.15) is 17.1 Å². The maximum Gasteiger partial charge on any atom is 0.342 e. The molecule has 0 radical (unpaired) electrons. The molecular formula is C12H13NO4. The first kappa shape index (κ1) is 11.4. The number of hydrogen-bond acceptors (Lipinski definition) is 5. The van der Waals surface area contributed by atoms with Gasteiger partial charge in [0.15, 0.2) is 0 Å². The van der Waals surface area contributed by atoms with Crippen LogP contribution in [-0.4, -0.2) is 35.0 Å². The van der Waals surface area contributed by atoms with E-state index in [4.69, 9.17) is 4.74 Å². The minimum absolute atomic E-state index is 0.0197. The van der Waals surface area contributed by atoms with E-state index in [1.165, 1.54) is 18.2 Å². The lowest BCUT2D eigenvalue weighted by molar-refractivity contribution is 0.0498. The second-order valence-electron chi connectivity index (χ2n) is 3.82. The lowest BCUT2D eigenvalue weighted by Crippen LogP contribution is -2.07. The second kappa shape index (κ2) is 4.86. The zero-order valence-electron chi connectivity index (χ0n) is 9.22. The molecule has 5 heteroatoms. The van der Waals surface area contributed by atoms with Crippen LogP contribution in [0.4, 0.5) is 0 Å². The Morgan fingerprint density at radius 3 is 2.88 bits per heavy atom. The molecule has 2 rings (SSSR count). The van der Waals surface area contributed by atoms with Crippen LogP contribution in [0.5, 0.6) is 11.5 Å². The summed E-state index contributed by atoms with van der Waals surface area (Å²) >= 11 is 0. The highest BCUT2D eigenvalue weighted by molar-refractivity contribution is 5.96. The van der Waals surface area contributed by atoms with Crippen molar-refractivity contribution in [3.05, 3.63) is 23.8 Å². The molecule has 0 saturated carbocycles. The van der Waals surface area contributed by atoms with Gasteiger partial charge >= 0.3 is 5.97 Å². The molecule has 1 aliphatic heterocycles. The number of carbonyl (C=O) groups is 1. The lowest BCUT2D eigenvalue weighted by Gasteiger charge is -2.05. The SMILES string of the molecule is O=C(OCCCC1=NC1)c1cc(O)ccc1O. The molecule has 0 saturated heterocycles. The Labute approximate surface area is 98.4 Å². The van der Waals surface area contributed by atoms with Crippen LogP contribution in [0.2, 0.25) is 0 Å². The standard InChI is InChI=1S/C12H13NO4/c14-9-3-4-11(15)10(6-9)12(16)17-5-1-2-8-7-13-8/h3-4,6,14-15H,1-2,5,7H2. The second-order valence-corrected chi connectivity index (χ2v) is 3.82. The van der Waals surface area contributed by atoms with Gasteiger partial charge in [-0.15, -0.1) is 0 Å². The van der Waals surface area contributed by atoms with E-state index in [0.717, 1.165) is 25.1 Å². The van der Waals surface area contributed by atoms with Crippen molar-refractivity contribution in [3.8, 4) is 11.5 Å². The number of phenols is 2. The molecule has 0 amide bonds. The van der Waals surface area contributed by atoms with Gasteiger partial charge in [-0.05, 0) is 31.0 Å². The number of hydrogen-bond donors (Lipinski definition) is 2. The molecule has 0 aromatic heterocycles. The van der Waals surface area contributed by atoms with E-state index >= 15 is 0 Å². The van der Waals surface area contributed by atoms with Crippen molar-refractivity contribution < 1.29 is 19.7 Å². The highest BCUT2D eigenvalue weighted by Gasteiger charge is 2.14. The molecule has 0 bridgehead atoms. The van der Waals surface area contributed by atoms with E-state index in [1.54, 1.807) is 0 Å². The maximum absolute atomic E-state index is 11.6. The minimum atomic E-state index is -0.629. The quantitative estimate of drug-likeness (QED) is 0.460. The fraction of sp³-hybridized carbons (Fsp3) is 0.333. The molecular weight excluding hydrogens is 222 g/mol. The van der Waals surface area contributed by atoms with E-state index in [2.05, 4.69) is 4.99 Å².